The summed E-state index contributed by atoms with van der Waals surface area (Å²) < 4.78 is 0. The molecule has 0 aromatic carbocycles. The van der Waals surface area contributed by atoms with Gasteiger partial charge in [-0.15, -0.1) is 0 Å². The Balaban J connectivity index is 3.60. The van der Waals surface area contributed by atoms with Crippen molar-refractivity contribution in [3.05, 3.63) is 0 Å². The normalized spacial score (nSPS) is 11.9. The summed E-state index contributed by atoms with van der Waals surface area (Å²) in [5, 5.41) is 5.09. The lowest BCUT2D eigenvalue weighted by molar-refractivity contribution is -0.122. The second kappa shape index (κ2) is 4.71. The van der Waals surface area contributed by atoms with Gasteiger partial charge in [0, 0.05) is 26.4 Å². The zero-order chi connectivity index (χ0) is 8.85. The molecule has 0 radical (unpaired) electrons. The summed E-state index contributed by atoms with van der Waals surface area (Å²) in [6.45, 7) is 3.22. The molecule has 0 spiro atoms. The Hall–Kier alpha value is -1.06. The summed E-state index contributed by atoms with van der Waals surface area (Å²) in [4.78, 5) is 21.2. The first kappa shape index (κ1) is 9.94. The first-order chi connectivity index (χ1) is 5.06. The molecule has 64 valence electrons. The van der Waals surface area contributed by atoms with Crippen molar-refractivity contribution in [2.24, 2.45) is 0 Å². The van der Waals surface area contributed by atoms with Crippen molar-refractivity contribution < 1.29 is 9.59 Å². The van der Waals surface area contributed by atoms with E-state index in [9.17, 15) is 9.59 Å². The van der Waals surface area contributed by atoms with Crippen LogP contribution in [-0.2, 0) is 9.59 Å². The summed E-state index contributed by atoms with van der Waals surface area (Å²) in [6.07, 6.45) is 0.329. The van der Waals surface area contributed by atoms with E-state index >= 15 is 0 Å². The maximum atomic E-state index is 10.7. The van der Waals surface area contributed by atoms with Crippen LogP contribution in [0.5, 0.6) is 0 Å². The largest absolute Gasteiger partial charge is 0.359 e. The second-order valence-electron chi connectivity index (χ2n) is 2.48. The van der Waals surface area contributed by atoms with E-state index in [4.69, 9.17) is 0 Å². The zero-order valence-corrected chi connectivity index (χ0v) is 7.10. The molecule has 0 bridgehead atoms. The zero-order valence-electron chi connectivity index (χ0n) is 7.10. The van der Waals surface area contributed by atoms with Crippen LogP contribution in [-0.4, -0.2) is 24.9 Å². The van der Waals surface area contributed by atoms with Crippen LogP contribution in [0.15, 0.2) is 0 Å². The molecule has 11 heavy (non-hydrogen) atoms. The van der Waals surface area contributed by atoms with Gasteiger partial charge in [0.05, 0.1) is 0 Å². The van der Waals surface area contributed by atoms with Gasteiger partial charge < -0.3 is 10.6 Å². The van der Waals surface area contributed by atoms with Crippen LogP contribution in [0.2, 0.25) is 0 Å². The lowest BCUT2D eigenvalue weighted by Crippen LogP contribution is -2.35. The third-order valence-electron chi connectivity index (χ3n) is 1.22. The molecule has 0 aromatic rings. The number of carbonyl (C=O) groups is 2. The minimum absolute atomic E-state index is 0.0637. The van der Waals surface area contributed by atoms with Crippen molar-refractivity contribution >= 4 is 11.8 Å². The molecule has 0 saturated carbocycles. The van der Waals surface area contributed by atoms with Crippen molar-refractivity contribution in [1.29, 1.82) is 0 Å². The van der Waals surface area contributed by atoms with Crippen molar-refractivity contribution in [3.8, 4) is 0 Å². The Bertz CT molecular complexity index is 157. The molecule has 4 nitrogen and oxygen atoms in total. The van der Waals surface area contributed by atoms with Crippen LogP contribution in [0.1, 0.15) is 20.3 Å². The summed E-state index contributed by atoms with van der Waals surface area (Å²) in [5.41, 5.74) is 0. The number of carbonyl (C=O) groups excluding carboxylic acids is 2. The molecule has 2 amide bonds. The second-order valence-corrected chi connectivity index (χ2v) is 2.48. The van der Waals surface area contributed by atoms with E-state index in [0.717, 1.165) is 0 Å². The lowest BCUT2D eigenvalue weighted by atomic mass is 10.2. The van der Waals surface area contributed by atoms with Gasteiger partial charge in [-0.25, -0.2) is 0 Å². The number of hydrogen-bond acceptors (Lipinski definition) is 2. The van der Waals surface area contributed by atoms with Crippen molar-refractivity contribution in [2.75, 3.05) is 7.05 Å². The fraction of sp³-hybridized carbons (Fsp3) is 0.714. The molecule has 0 rings (SSSR count). The van der Waals surface area contributed by atoms with Gasteiger partial charge in [0.1, 0.15) is 0 Å². The van der Waals surface area contributed by atoms with Crippen LogP contribution >= 0.6 is 0 Å². The van der Waals surface area contributed by atoms with Gasteiger partial charge in [-0.2, -0.15) is 0 Å². The molecule has 1 atom stereocenters. The highest BCUT2D eigenvalue weighted by molar-refractivity contribution is 5.78. The fourth-order valence-electron chi connectivity index (χ4n) is 0.778. The van der Waals surface area contributed by atoms with E-state index < -0.39 is 0 Å². The molecule has 0 aliphatic carbocycles. The summed E-state index contributed by atoms with van der Waals surface area (Å²) >= 11 is 0. The van der Waals surface area contributed by atoms with Gasteiger partial charge in [-0.3, -0.25) is 9.59 Å². The average molecular weight is 158 g/mol. The molecule has 0 unspecified atom stereocenters. The Labute approximate surface area is 66.4 Å². The average Bonchev–Trinajstić information content (AvgIpc) is 1.85. The molecular weight excluding hydrogens is 144 g/mol. The van der Waals surface area contributed by atoms with E-state index in [1.165, 1.54) is 6.92 Å². The van der Waals surface area contributed by atoms with E-state index in [1.54, 1.807) is 14.0 Å². The highest BCUT2D eigenvalue weighted by atomic mass is 16.2. The van der Waals surface area contributed by atoms with Gasteiger partial charge in [-0.1, -0.05) is 0 Å². The predicted octanol–water partition coefficient (Wildman–Crippen LogP) is -0.353. The molecule has 0 aliphatic heterocycles. The van der Waals surface area contributed by atoms with Crippen LogP contribution < -0.4 is 10.6 Å². The van der Waals surface area contributed by atoms with Crippen molar-refractivity contribution in [2.45, 2.75) is 26.3 Å². The standard InChI is InChI=1S/C7H14N2O2/c1-5(9-6(2)10)4-7(11)8-3/h5H,4H2,1-3H3,(H,8,11)(H,9,10)/t5-/m0/s1. The minimum Gasteiger partial charge on any atom is -0.359 e. The molecule has 4 heteroatoms. The number of nitrogens with one attached hydrogen (secondary N) is 2. The Morgan fingerprint density at radius 1 is 1.45 bits per heavy atom. The fourth-order valence-corrected chi connectivity index (χ4v) is 0.778. The smallest absolute Gasteiger partial charge is 0.221 e. The van der Waals surface area contributed by atoms with Crippen molar-refractivity contribution in [1.82, 2.24) is 10.6 Å². The minimum atomic E-state index is -0.110. The summed E-state index contributed by atoms with van der Waals surface area (Å²) in [7, 11) is 1.57. The van der Waals surface area contributed by atoms with Gasteiger partial charge in [0.25, 0.3) is 0 Å². The topological polar surface area (TPSA) is 58.2 Å². The van der Waals surface area contributed by atoms with Gasteiger partial charge in [-0.05, 0) is 6.92 Å². The van der Waals surface area contributed by atoms with Gasteiger partial charge >= 0.3 is 0 Å². The summed E-state index contributed by atoms with van der Waals surface area (Å²) in [5.74, 6) is -0.173. The Morgan fingerprint density at radius 2 is 2.00 bits per heavy atom. The maximum Gasteiger partial charge on any atom is 0.221 e. The molecule has 0 saturated heterocycles. The molecule has 0 aromatic heterocycles. The molecule has 0 fully saturated rings. The van der Waals surface area contributed by atoms with Crippen LogP contribution in [0.25, 0.3) is 0 Å². The van der Waals surface area contributed by atoms with Crippen molar-refractivity contribution in [3.63, 3.8) is 0 Å². The quantitative estimate of drug-likeness (QED) is 0.589. The molecule has 0 heterocycles. The monoisotopic (exact) mass is 158 g/mol. The van der Waals surface area contributed by atoms with E-state index in [1.807, 2.05) is 0 Å². The van der Waals surface area contributed by atoms with E-state index in [-0.39, 0.29) is 17.9 Å². The van der Waals surface area contributed by atoms with Crippen LogP contribution in [0.4, 0.5) is 0 Å². The molecular formula is C7H14N2O2. The third kappa shape index (κ3) is 5.39. The Kier molecular flexibility index (Phi) is 4.26. The highest BCUT2D eigenvalue weighted by Gasteiger charge is 2.07. The number of amides is 2. The highest BCUT2D eigenvalue weighted by Crippen LogP contribution is 1.88. The first-order valence-electron chi connectivity index (χ1n) is 3.54. The molecule has 0 aliphatic rings. The Morgan fingerprint density at radius 3 is 2.36 bits per heavy atom. The summed E-state index contributed by atoms with van der Waals surface area (Å²) in [6, 6.07) is -0.0903. The first-order valence-corrected chi connectivity index (χ1v) is 3.54. The third-order valence-corrected chi connectivity index (χ3v) is 1.22. The predicted molar refractivity (Wildman–Crippen MR) is 42.0 cm³/mol. The lowest BCUT2D eigenvalue weighted by Gasteiger charge is -2.10. The van der Waals surface area contributed by atoms with E-state index in [0.29, 0.717) is 6.42 Å². The maximum absolute atomic E-state index is 10.7. The number of hydrogen-bond donors (Lipinski definition) is 2. The van der Waals surface area contributed by atoms with Crippen LogP contribution in [0, 0.1) is 0 Å². The molecule has 2 N–H and O–H groups in total. The van der Waals surface area contributed by atoms with E-state index in [2.05, 4.69) is 10.6 Å². The van der Waals surface area contributed by atoms with Gasteiger partial charge in [0.2, 0.25) is 11.8 Å². The van der Waals surface area contributed by atoms with Gasteiger partial charge in [0.15, 0.2) is 0 Å². The van der Waals surface area contributed by atoms with Crippen LogP contribution in [0.3, 0.4) is 0 Å². The SMILES string of the molecule is CNC(=O)C[C@H](C)NC(C)=O. The number of rotatable bonds is 3.